The first kappa shape index (κ1) is 17.7. The standard InChI is InChI=1S/C20H19ClN4O2/c21-15-7-5-14(6-8-15)19-16-3-1-2-4-17(16)20(23-22-19)25-11-9-24(10-12-25)13-18(26)27/h1-8H,9-13H2,(H,26,27). The van der Waals surface area contributed by atoms with Gasteiger partial charge in [-0.25, -0.2) is 0 Å². The Bertz CT molecular complexity index is 969. The molecule has 0 atom stereocenters. The summed E-state index contributed by atoms with van der Waals surface area (Å²) >= 11 is 6.00. The zero-order chi connectivity index (χ0) is 18.8. The highest BCUT2D eigenvalue weighted by molar-refractivity contribution is 6.30. The summed E-state index contributed by atoms with van der Waals surface area (Å²) in [7, 11) is 0. The van der Waals surface area contributed by atoms with Crippen molar-refractivity contribution in [1.82, 2.24) is 15.1 Å². The molecule has 3 aromatic rings. The molecule has 0 unspecified atom stereocenters. The van der Waals surface area contributed by atoms with Gasteiger partial charge in [0.05, 0.1) is 6.54 Å². The van der Waals surface area contributed by atoms with Crippen LogP contribution in [0.2, 0.25) is 5.02 Å². The fraction of sp³-hybridized carbons (Fsp3) is 0.250. The van der Waals surface area contributed by atoms with E-state index in [-0.39, 0.29) is 6.54 Å². The Kier molecular flexibility index (Phi) is 4.92. The van der Waals surface area contributed by atoms with Crippen LogP contribution >= 0.6 is 11.6 Å². The fourth-order valence-corrected chi connectivity index (χ4v) is 3.58. The molecule has 1 saturated heterocycles. The molecule has 0 radical (unpaired) electrons. The van der Waals surface area contributed by atoms with Gasteiger partial charge in [-0.05, 0) is 12.1 Å². The van der Waals surface area contributed by atoms with Crippen molar-refractivity contribution in [2.75, 3.05) is 37.6 Å². The molecule has 4 rings (SSSR count). The summed E-state index contributed by atoms with van der Waals surface area (Å²) in [5.41, 5.74) is 1.80. The van der Waals surface area contributed by atoms with Gasteiger partial charge in [-0.2, -0.15) is 0 Å². The molecule has 2 heterocycles. The number of fused-ring (bicyclic) bond motifs is 1. The number of carbonyl (C=O) groups is 1. The predicted molar refractivity (Wildman–Crippen MR) is 106 cm³/mol. The number of carboxylic acids is 1. The van der Waals surface area contributed by atoms with E-state index in [1.165, 1.54) is 0 Å². The minimum absolute atomic E-state index is 0.0791. The SMILES string of the molecule is O=C(O)CN1CCN(c2nnc(-c3ccc(Cl)cc3)c3ccccc23)CC1. The van der Waals surface area contributed by atoms with Gasteiger partial charge in [0, 0.05) is 47.5 Å². The average Bonchev–Trinajstić information content (AvgIpc) is 2.68. The normalized spacial score (nSPS) is 15.2. The lowest BCUT2D eigenvalue weighted by atomic mass is 10.0. The number of rotatable bonds is 4. The minimum Gasteiger partial charge on any atom is -0.480 e. The summed E-state index contributed by atoms with van der Waals surface area (Å²) < 4.78 is 0. The first-order valence-electron chi connectivity index (χ1n) is 8.82. The lowest BCUT2D eigenvalue weighted by Crippen LogP contribution is -2.48. The van der Waals surface area contributed by atoms with E-state index in [0.717, 1.165) is 40.9 Å². The van der Waals surface area contributed by atoms with Crippen molar-refractivity contribution in [3.8, 4) is 11.3 Å². The highest BCUT2D eigenvalue weighted by atomic mass is 35.5. The topological polar surface area (TPSA) is 69.6 Å². The molecule has 7 heteroatoms. The molecule has 2 aromatic carbocycles. The lowest BCUT2D eigenvalue weighted by Gasteiger charge is -2.34. The molecular weight excluding hydrogens is 364 g/mol. The van der Waals surface area contributed by atoms with Crippen LogP contribution in [0.3, 0.4) is 0 Å². The third kappa shape index (κ3) is 3.72. The van der Waals surface area contributed by atoms with Gasteiger partial charge in [0.2, 0.25) is 0 Å². The molecule has 1 aliphatic heterocycles. The Morgan fingerprint density at radius 1 is 0.963 bits per heavy atom. The van der Waals surface area contributed by atoms with Crippen molar-refractivity contribution in [3.05, 3.63) is 53.6 Å². The predicted octanol–water partition coefficient (Wildman–Crippen LogP) is 3.16. The molecule has 138 valence electrons. The van der Waals surface area contributed by atoms with Crippen LogP contribution in [-0.2, 0) is 4.79 Å². The fourth-order valence-electron chi connectivity index (χ4n) is 3.45. The summed E-state index contributed by atoms with van der Waals surface area (Å²) in [5.74, 6) is 0.0549. The van der Waals surface area contributed by atoms with Gasteiger partial charge in [0.1, 0.15) is 5.69 Å². The number of aromatic nitrogens is 2. The largest absolute Gasteiger partial charge is 0.480 e. The van der Waals surface area contributed by atoms with Gasteiger partial charge >= 0.3 is 5.97 Å². The molecular formula is C20H19ClN4O2. The van der Waals surface area contributed by atoms with E-state index in [1.54, 1.807) is 0 Å². The van der Waals surface area contributed by atoms with Crippen LogP contribution in [0.15, 0.2) is 48.5 Å². The van der Waals surface area contributed by atoms with E-state index >= 15 is 0 Å². The highest BCUT2D eigenvalue weighted by Gasteiger charge is 2.22. The van der Waals surface area contributed by atoms with E-state index in [0.29, 0.717) is 18.1 Å². The summed E-state index contributed by atoms with van der Waals surface area (Å²) in [6.07, 6.45) is 0. The molecule has 1 aromatic heterocycles. The molecule has 0 amide bonds. The molecule has 6 nitrogen and oxygen atoms in total. The summed E-state index contributed by atoms with van der Waals surface area (Å²) in [6, 6.07) is 15.7. The van der Waals surface area contributed by atoms with Crippen LogP contribution in [-0.4, -0.2) is 58.9 Å². The highest BCUT2D eigenvalue weighted by Crippen LogP contribution is 2.32. The van der Waals surface area contributed by atoms with Gasteiger partial charge < -0.3 is 10.0 Å². The second-order valence-corrected chi connectivity index (χ2v) is 7.02. The number of nitrogens with zero attached hydrogens (tertiary/aromatic N) is 4. The molecule has 1 fully saturated rings. The lowest BCUT2D eigenvalue weighted by molar-refractivity contribution is -0.138. The molecule has 0 aliphatic carbocycles. The van der Waals surface area contributed by atoms with E-state index in [9.17, 15) is 4.79 Å². The maximum atomic E-state index is 10.9. The van der Waals surface area contributed by atoms with Gasteiger partial charge in [-0.3, -0.25) is 9.69 Å². The number of carboxylic acid groups (broad SMARTS) is 1. The summed E-state index contributed by atoms with van der Waals surface area (Å²) in [6.45, 7) is 2.93. The number of benzene rings is 2. The van der Waals surface area contributed by atoms with Gasteiger partial charge in [0.25, 0.3) is 0 Å². The van der Waals surface area contributed by atoms with Crippen LogP contribution in [0, 0.1) is 0 Å². The van der Waals surface area contributed by atoms with Crippen molar-refractivity contribution in [1.29, 1.82) is 0 Å². The van der Waals surface area contributed by atoms with Crippen LogP contribution in [0.1, 0.15) is 0 Å². The Balaban J connectivity index is 1.67. The van der Waals surface area contributed by atoms with Gasteiger partial charge in [-0.1, -0.05) is 48.0 Å². The molecule has 1 aliphatic rings. The van der Waals surface area contributed by atoms with E-state index in [4.69, 9.17) is 16.7 Å². The average molecular weight is 383 g/mol. The number of anilines is 1. The van der Waals surface area contributed by atoms with E-state index in [1.807, 2.05) is 41.3 Å². The number of hydrogen-bond acceptors (Lipinski definition) is 5. The Morgan fingerprint density at radius 3 is 2.30 bits per heavy atom. The third-order valence-corrected chi connectivity index (χ3v) is 5.07. The van der Waals surface area contributed by atoms with Crippen molar-refractivity contribution in [2.45, 2.75) is 0 Å². The van der Waals surface area contributed by atoms with Crippen LogP contribution in [0.5, 0.6) is 0 Å². The Hall–Kier alpha value is -2.70. The Morgan fingerprint density at radius 2 is 1.63 bits per heavy atom. The van der Waals surface area contributed by atoms with E-state index < -0.39 is 5.97 Å². The third-order valence-electron chi connectivity index (χ3n) is 4.82. The van der Waals surface area contributed by atoms with Gasteiger partial charge in [0.15, 0.2) is 5.82 Å². The summed E-state index contributed by atoms with van der Waals surface area (Å²) in [5, 5.41) is 20.8. The molecule has 0 spiro atoms. The molecule has 0 saturated carbocycles. The Labute approximate surface area is 162 Å². The minimum atomic E-state index is -0.791. The smallest absolute Gasteiger partial charge is 0.317 e. The molecule has 27 heavy (non-hydrogen) atoms. The molecule has 0 bridgehead atoms. The van der Waals surface area contributed by atoms with Gasteiger partial charge in [-0.15, -0.1) is 10.2 Å². The first-order chi connectivity index (χ1) is 13.1. The zero-order valence-electron chi connectivity index (χ0n) is 14.7. The zero-order valence-corrected chi connectivity index (χ0v) is 15.4. The van der Waals surface area contributed by atoms with Crippen LogP contribution in [0.4, 0.5) is 5.82 Å². The maximum Gasteiger partial charge on any atom is 0.317 e. The number of aliphatic carboxylic acids is 1. The second-order valence-electron chi connectivity index (χ2n) is 6.58. The maximum absolute atomic E-state index is 10.9. The molecule has 1 N–H and O–H groups in total. The monoisotopic (exact) mass is 382 g/mol. The number of piperazine rings is 1. The van der Waals surface area contributed by atoms with Crippen molar-refractivity contribution in [2.24, 2.45) is 0 Å². The quantitative estimate of drug-likeness (QED) is 0.747. The summed E-state index contributed by atoms with van der Waals surface area (Å²) in [4.78, 5) is 15.0. The van der Waals surface area contributed by atoms with Crippen molar-refractivity contribution >= 4 is 34.2 Å². The number of hydrogen-bond donors (Lipinski definition) is 1. The second kappa shape index (κ2) is 7.50. The van der Waals surface area contributed by atoms with Crippen LogP contribution < -0.4 is 4.90 Å². The van der Waals surface area contributed by atoms with Crippen LogP contribution in [0.25, 0.3) is 22.0 Å². The van der Waals surface area contributed by atoms with Crippen molar-refractivity contribution in [3.63, 3.8) is 0 Å². The number of halogens is 1. The van der Waals surface area contributed by atoms with E-state index in [2.05, 4.69) is 27.2 Å². The first-order valence-corrected chi connectivity index (χ1v) is 9.20. The van der Waals surface area contributed by atoms with Crippen molar-refractivity contribution < 1.29 is 9.90 Å².